The van der Waals surface area contributed by atoms with E-state index in [0.717, 1.165) is 4.90 Å². The first-order chi connectivity index (χ1) is 14.5. The lowest BCUT2D eigenvalue weighted by Crippen LogP contribution is -2.68. The number of β-lactam (4-membered cyclic amide) rings is 1. The van der Waals surface area contributed by atoms with Crippen molar-refractivity contribution < 1.29 is 24.3 Å². The molecule has 8 nitrogen and oxygen atoms in total. The van der Waals surface area contributed by atoms with Crippen LogP contribution >= 0.6 is 11.8 Å². The summed E-state index contributed by atoms with van der Waals surface area (Å²) in [5.41, 5.74) is 0.235. The second kappa shape index (κ2) is 9.93. The minimum absolute atomic E-state index is 0.160. The molecule has 2 amide bonds. The third-order valence-electron chi connectivity index (χ3n) is 4.63. The molecule has 0 radical (unpaired) electrons. The molecule has 3 rings (SSSR count). The van der Waals surface area contributed by atoms with Crippen molar-refractivity contribution in [3.05, 3.63) is 66.2 Å². The zero-order valence-corrected chi connectivity index (χ0v) is 17.0. The Hall–Kier alpha value is -3.33. The smallest absolute Gasteiger partial charge is 0.329 e. The third kappa shape index (κ3) is 4.80. The number of ether oxygens (including phenoxy) is 1. The van der Waals surface area contributed by atoms with Gasteiger partial charge in [0.25, 0.3) is 5.91 Å². The van der Waals surface area contributed by atoms with Crippen LogP contribution in [0.5, 0.6) is 0 Å². The lowest BCUT2D eigenvalue weighted by Gasteiger charge is -2.42. The van der Waals surface area contributed by atoms with Gasteiger partial charge in [0.05, 0.1) is 13.7 Å². The Kier molecular flexibility index (Phi) is 7.08. The minimum atomic E-state index is -0.799. The number of thioether (sulfide) groups is 1. The number of nitrogens with zero attached hydrogens (tertiary/aromatic N) is 2. The number of carbonyl (C=O) groups excluding carboxylic acids is 3. The van der Waals surface area contributed by atoms with E-state index in [1.165, 1.54) is 23.8 Å². The van der Waals surface area contributed by atoms with Crippen LogP contribution in [0.25, 0.3) is 0 Å². The molecule has 1 aliphatic rings. The maximum Gasteiger partial charge on any atom is 0.329 e. The van der Waals surface area contributed by atoms with Gasteiger partial charge < -0.3 is 20.2 Å². The predicted molar refractivity (Wildman–Crippen MR) is 111 cm³/mol. The van der Waals surface area contributed by atoms with Gasteiger partial charge in [0.15, 0.2) is 5.71 Å². The van der Waals surface area contributed by atoms with Crippen LogP contribution in [0.2, 0.25) is 0 Å². The Morgan fingerprint density at radius 2 is 1.83 bits per heavy atom. The van der Waals surface area contributed by atoms with Crippen molar-refractivity contribution in [3.63, 3.8) is 0 Å². The molecule has 2 aromatic carbocycles. The average molecular weight is 427 g/mol. The molecule has 9 heteroatoms. The zero-order chi connectivity index (χ0) is 21.5. The van der Waals surface area contributed by atoms with Gasteiger partial charge in [0.1, 0.15) is 12.1 Å². The fraction of sp³-hybridized carbons (Fsp3) is 0.238. The Morgan fingerprint density at radius 1 is 1.20 bits per heavy atom. The van der Waals surface area contributed by atoms with Gasteiger partial charge in [-0.15, -0.1) is 11.8 Å². The summed E-state index contributed by atoms with van der Waals surface area (Å²) in [5, 5.41) is 14.8. The first-order valence-corrected chi connectivity index (χ1v) is 10.2. The molecule has 0 aliphatic carbocycles. The molecule has 0 bridgehead atoms. The molecule has 1 heterocycles. The first-order valence-electron chi connectivity index (χ1n) is 9.19. The zero-order valence-electron chi connectivity index (χ0n) is 16.2. The topological polar surface area (TPSA) is 108 Å². The van der Waals surface area contributed by atoms with Crippen LogP contribution in [0.4, 0.5) is 0 Å². The maximum absolute atomic E-state index is 12.6. The molecule has 1 saturated heterocycles. The number of benzene rings is 2. The van der Waals surface area contributed by atoms with Gasteiger partial charge in [-0.25, -0.2) is 4.79 Å². The molecule has 2 aromatic rings. The molecule has 0 spiro atoms. The molecule has 1 aliphatic heterocycles. The van der Waals surface area contributed by atoms with Gasteiger partial charge in [-0.2, -0.15) is 0 Å². The van der Waals surface area contributed by atoms with E-state index in [0.29, 0.717) is 11.3 Å². The fourth-order valence-electron chi connectivity index (χ4n) is 3.01. The number of hydrogen-bond acceptors (Lipinski definition) is 7. The van der Waals surface area contributed by atoms with Gasteiger partial charge in [-0.3, -0.25) is 9.59 Å². The summed E-state index contributed by atoms with van der Waals surface area (Å²) in [6.07, 6.45) is 0. The fourth-order valence-corrected chi connectivity index (χ4v) is 4.03. The third-order valence-corrected chi connectivity index (χ3v) is 5.72. The van der Waals surface area contributed by atoms with Crippen LogP contribution in [0.1, 0.15) is 5.56 Å². The maximum atomic E-state index is 12.6. The SMILES string of the molecule is COC(=O)C(CSc1ccccc1)N1CC(NC(=O)/C(=N/O)c2ccccc2)C1=O. The monoisotopic (exact) mass is 427 g/mol. The van der Waals surface area contributed by atoms with Gasteiger partial charge in [0.2, 0.25) is 5.91 Å². The Balaban J connectivity index is 1.61. The minimum Gasteiger partial charge on any atom is -0.467 e. The van der Waals surface area contributed by atoms with Gasteiger partial charge in [-0.1, -0.05) is 53.7 Å². The van der Waals surface area contributed by atoms with Crippen molar-refractivity contribution in [1.82, 2.24) is 10.2 Å². The number of carbonyl (C=O) groups is 3. The van der Waals surface area contributed by atoms with Gasteiger partial charge >= 0.3 is 5.97 Å². The second-order valence-corrected chi connectivity index (χ2v) is 7.59. The number of rotatable bonds is 8. The van der Waals surface area contributed by atoms with E-state index in [-0.39, 0.29) is 12.3 Å². The lowest BCUT2D eigenvalue weighted by molar-refractivity contribution is -0.160. The van der Waals surface area contributed by atoms with E-state index in [4.69, 9.17) is 4.74 Å². The summed E-state index contributed by atoms with van der Waals surface area (Å²) in [6, 6.07) is 16.4. The number of likely N-dealkylation sites (tertiary alicyclic amines) is 1. The highest BCUT2D eigenvalue weighted by Gasteiger charge is 2.45. The van der Waals surface area contributed by atoms with E-state index in [2.05, 4.69) is 10.5 Å². The van der Waals surface area contributed by atoms with Crippen molar-refractivity contribution in [1.29, 1.82) is 0 Å². The quantitative estimate of drug-likeness (QED) is 0.165. The summed E-state index contributed by atoms with van der Waals surface area (Å²) in [7, 11) is 1.27. The van der Waals surface area contributed by atoms with E-state index >= 15 is 0 Å². The molecular formula is C21H21N3O5S. The molecule has 2 N–H and O–H groups in total. The first kappa shape index (κ1) is 21.4. The van der Waals surface area contributed by atoms with Crippen LogP contribution in [0.15, 0.2) is 70.7 Å². The molecular weight excluding hydrogens is 406 g/mol. The van der Waals surface area contributed by atoms with Crippen molar-refractivity contribution in [2.75, 3.05) is 19.4 Å². The number of nitrogens with one attached hydrogen (secondary N) is 1. The normalized spacial score (nSPS) is 17.1. The summed E-state index contributed by atoms with van der Waals surface area (Å²) in [4.78, 5) is 39.6. The van der Waals surface area contributed by atoms with Crippen LogP contribution in [-0.2, 0) is 19.1 Å². The molecule has 2 atom stereocenters. The average Bonchev–Trinajstić information content (AvgIpc) is 2.79. The highest BCUT2D eigenvalue weighted by atomic mass is 32.2. The molecule has 2 unspecified atom stereocenters. The summed E-state index contributed by atoms with van der Waals surface area (Å²) in [6.45, 7) is 0.160. The van der Waals surface area contributed by atoms with Gasteiger partial charge in [0, 0.05) is 16.2 Å². The summed E-state index contributed by atoms with van der Waals surface area (Å²) < 4.78 is 4.85. The van der Waals surface area contributed by atoms with Crippen LogP contribution < -0.4 is 5.32 Å². The number of oxime groups is 1. The van der Waals surface area contributed by atoms with Crippen LogP contribution in [0.3, 0.4) is 0 Å². The van der Waals surface area contributed by atoms with Crippen molar-refractivity contribution in [2.45, 2.75) is 17.0 Å². The summed E-state index contributed by atoms with van der Waals surface area (Å²) >= 11 is 1.44. The number of methoxy groups -OCH3 is 1. The Bertz CT molecular complexity index is 936. The molecule has 156 valence electrons. The lowest BCUT2D eigenvalue weighted by atomic mass is 10.0. The molecule has 0 aromatic heterocycles. The van der Waals surface area contributed by atoms with Crippen LogP contribution in [-0.4, -0.2) is 65.1 Å². The summed E-state index contributed by atoms with van der Waals surface area (Å²) in [5.74, 6) is -1.25. The number of amides is 2. The molecule has 0 saturated carbocycles. The van der Waals surface area contributed by atoms with E-state index in [9.17, 15) is 19.6 Å². The van der Waals surface area contributed by atoms with E-state index < -0.39 is 29.9 Å². The molecule has 30 heavy (non-hydrogen) atoms. The largest absolute Gasteiger partial charge is 0.467 e. The van der Waals surface area contributed by atoms with Crippen LogP contribution in [0, 0.1) is 0 Å². The highest BCUT2D eigenvalue weighted by Crippen LogP contribution is 2.24. The Morgan fingerprint density at radius 3 is 2.40 bits per heavy atom. The highest BCUT2D eigenvalue weighted by molar-refractivity contribution is 7.99. The van der Waals surface area contributed by atoms with Crippen molar-refractivity contribution in [3.8, 4) is 0 Å². The van der Waals surface area contributed by atoms with Crippen molar-refractivity contribution >= 4 is 35.3 Å². The predicted octanol–water partition coefficient (Wildman–Crippen LogP) is 1.53. The second-order valence-electron chi connectivity index (χ2n) is 6.49. The standard InChI is InChI=1S/C21H21N3O5S/c1-29-21(27)17(13-30-15-10-6-3-7-11-15)24-12-16(20(24)26)22-19(25)18(23-28)14-8-4-2-5-9-14/h2-11,16-17,28H,12-13H2,1H3,(H,22,25)/b23-18+. The van der Waals surface area contributed by atoms with E-state index in [1.807, 2.05) is 30.3 Å². The van der Waals surface area contributed by atoms with Crippen molar-refractivity contribution in [2.24, 2.45) is 5.16 Å². The Labute approximate surface area is 177 Å². The van der Waals surface area contributed by atoms with E-state index in [1.54, 1.807) is 30.3 Å². The molecule has 1 fully saturated rings. The number of esters is 1. The van der Waals surface area contributed by atoms with Gasteiger partial charge in [-0.05, 0) is 12.1 Å². The number of hydrogen-bond donors (Lipinski definition) is 2.